The third-order valence-corrected chi connectivity index (χ3v) is 10.8. The summed E-state index contributed by atoms with van der Waals surface area (Å²) in [6, 6.07) is 0. The van der Waals surface area contributed by atoms with Gasteiger partial charge in [-0.3, -0.25) is 14.4 Å². The lowest BCUT2D eigenvalue weighted by molar-refractivity contribution is -0.166. The Morgan fingerprint density at radius 1 is 0.312 bits per heavy atom. The Morgan fingerprint density at radius 3 is 1.00 bits per heavy atom. The molecule has 1 atom stereocenters. The summed E-state index contributed by atoms with van der Waals surface area (Å²) >= 11 is 0. The number of ether oxygens (including phenoxy) is 3. The molecule has 0 unspecified atom stereocenters. The van der Waals surface area contributed by atoms with Crippen LogP contribution in [0.25, 0.3) is 0 Å². The zero-order chi connectivity index (χ0) is 46.5. The fraction of sp³-hybridized carbons (Fsp3) is 0.672. The molecule has 0 radical (unpaired) electrons. The van der Waals surface area contributed by atoms with Crippen molar-refractivity contribution in [2.45, 2.75) is 239 Å². The van der Waals surface area contributed by atoms with Crippen LogP contribution in [-0.2, 0) is 28.6 Å². The van der Waals surface area contributed by atoms with Crippen molar-refractivity contribution in [3.63, 3.8) is 0 Å². The summed E-state index contributed by atoms with van der Waals surface area (Å²) in [6.07, 6.45) is 68.3. The highest BCUT2D eigenvalue weighted by Crippen LogP contribution is 2.14. The van der Waals surface area contributed by atoms with Gasteiger partial charge in [0.25, 0.3) is 0 Å². The second-order valence-electron chi connectivity index (χ2n) is 17.1. The average molecular weight is 889 g/mol. The largest absolute Gasteiger partial charge is 0.462 e. The lowest BCUT2D eigenvalue weighted by atomic mass is 10.0. The summed E-state index contributed by atoms with van der Waals surface area (Å²) in [7, 11) is 0. The van der Waals surface area contributed by atoms with Crippen molar-refractivity contribution in [3.05, 3.63) is 97.2 Å². The van der Waals surface area contributed by atoms with Crippen molar-refractivity contribution in [2.24, 2.45) is 0 Å². The van der Waals surface area contributed by atoms with Crippen molar-refractivity contribution in [3.8, 4) is 0 Å². The number of unbranched alkanes of at least 4 members (excludes halogenated alkanes) is 19. The second-order valence-corrected chi connectivity index (χ2v) is 17.1. The van der Waals surface area contributed by atoms with Crippen LogP contribution >= 0.6 is 0 Å². The molecule has 6 nitrogen and oxygen atoms in total. The zero-order valence-electron chi connectivity index (χ0n) is 41.5. The third kappa shape index (κ3) is 49.3. The maximum Gasteiger partial charge on any atom is 0.306 e. The zero-order valence-corrected chi connectivity index (χ0v) is 41.5. The molecule has 0 spiro atoms. The molecule has 0 saturated heterocycles. The SMILES string of the molecule is CCCCC/C=C\C/C=C\C/C=C\C/C=C\C/C=C\CCC(=O)OC[C@H](COC(=O)CCCC/C=C\C/C=C\C/C=C\CCCCC)OC(=O)CCCCCCCCCCCCCC. The van der Waals surface area contributed by atoms with Gasteiger partial charge in [0.15, 0.2) is 6.10 Å². The Morgan fingerprint density at radius 2 is 0.594 bits per heavy atom. The monoisotopic (exact) mass is 889 g/mol. The van der Waals surface area contributed by atoms with E-state index < -0.39 is 6.10 Å². The first kappa shape index (κ1) is 60.3. The molecular formula is C58H96O6. The maximum absolute atomic E-state index is 12.8. The predicted molar refractivity (Wildman–Crippen MR) is 274 cm³/mol. The topological polar surface area (TPSA) is 78.9 Å². The number of rotatable bonds is 46. The lowest BCUT2D eigenvalue weighted by Crippen LogP contribution is -2.30. The summed E-state index contributed by atoms with van der Waals surface area (Å²) in [5, 5.41) is 0. The molecule has 364 valence electrons. The lowest BCUT2D eigenvalue weighted by Gasteiger charge is -2.18. The van der Waals surface area contributed by atoms with E-state index in [2.05, 4.69) is 112 Å². The molecule has 0 N–H and O–H groups in total. The maximum atomic E-state index is 12.8. The second kappa shape index (κ2) is 52.0. The van der Waals surface area contributed by atoms with Crippen LogP contribution in [0.1, 0.15) is 233 Å². The van der Waals surface area contributed by atoms with Crippen LogP contribution in [0.3, 0.4) is 0 Å². The molecule has 0 amide bonds. The van der Waals surface area contributed by atoms with Crippen LogP contribution in [0.2, 0.25) is 0 Å². The highest BCUT2D eigenvalue weighted by Gasteiger charge is 2.19. The number of allylic oxidation sites excluding steroid dienone is 16. The van der Waals surface area contributed by atoms with E-state index >= 15 is 0 Å². The van der Waals surface area contributed by atoms with Crippen LogP contribution in [0.15, 0.2) is 97.2 Å². The van der Waals surface area contributed by atoms with Gasteiger partial charge in [0.05, 0.1) is 0 Å². The quantitative estimate of drug-likeness (QED) is 0.0262. The van der Waals surface area contributed by atoms with Gasteiger partial charge < -0.3 is 14.2 Å². The summed E-state index contributed by atoms with van der Waals surface area (Å²) in [5.41, 5.74) is 0. The Labute approximate surface area is 394 Å². The van der Waals surface area contributed by atoms with Crippen molar-refractivity contribution < 1.29 is 28.6 Å². The molecule has 0 fully saturated rings. The first-order chi connectivity index (χ1) is 31.5. The molecule has 6 heteroatoms. The molecule has 0 aromatic carbocycles. The Kier molecular flexibility index (Phi) is 49.0. The smallest absolute Gasteiger partial charge is 0.306 e. The molecule has 0 saturated carbocycles. The normalized spacial score (nSPS) is 12.9. The number of hydrogen-bond acceptors (Lipinski definition) is 6. The van der Waals surface area contributed by atoms with Crippen molar-refractivity contribution >= 4 is 17.9 Å². The van der Waals surface area contributed by atoms with E-state index in [1.165, 1.54) is 109 Å². The van der Waals surface area contributed by atoms with Crippen LogP contribution in [0, 0.1) is 0 Å². The van der Waals surface area contributed by atoms with Gasteiger partial charge in [0.2, 0.25) is 0 Å². The highest BCUT2D eigenvalue weighted by molar-refractivity contribution is 5.71. The van der Waals surface area contributed by atoms with E-state index in [9.17, 15) is 14.4 Å². The molecule has 0 rings (SSSR count). The highest BCUT2D eigenvalue weighted by atomic mass is 16.6. The minimum absolute atomic E-state index is 0.120. The number of carbonyl (C=O) groups is 3. The number of esters is 3. The van der Waals surface area contributed by atoms with E-state index in [-0.39, 0.29) is 37.5 Å². The molecule has 0 heterocycles. The van der Waals surface area contributed by atoms with Gasteiger partial charge >= 0.3 is 17.9 Å². The van der Waals surface area contributed by atoms with E-state index in [0.717, 1.165) is 77.0 Å². The minimum Gasteiger partial charge on any atom is -0.462 e. The fourth-order valence-electron chi connectivity index (χ4n) is 6.84. The van der Waals surface area contributed by atoms with Gasteiger partial charge in [-0.05, 0) is 96.3 Å². The molecule has 0 aromatic rings. The Balaban J connectivity index is 4.54. The van der Waals surface area contributed by atoms with Gasteiger partial charge in [-0.25, -0.2) is 0 Å². The van der Waals surface area contributed by atoms with Crippen molar-refractivity contribution in [1.82, 2.24) is 0 Å². The average Bonchev–Trinajstić information content (AvgIpc) is 3.29. The number of carbonyl (C=O) groups excluding carboxylic acids is 3. The first-order valence-corrected chi connectivity index (χ1v) is 26.2. The fourth-order valence-corrected chi connectivity index (χ4v) is 6.84. The molecular weight excluding hydrogens is 793 g/mol. The molecule has 0 aliphatic heterocycles. The van der Waals surface area contributed by atoms with E-state index in [4.69, 9.17) is 14.2 Å². The van der Waals surface area contributed by atoms with Crippen molar-refractivity contribution in [2.75, 3.05) is 13.2 Å². The van der Waals surface area contributed by atoms with Gasteiger partial charge in [0, 0.05) is 19.3 Å². The third-order valence-electron chi connectivity index (χ3n) is 10.8. The van der Waals surface area contributed by atoms with Crippen molar-refractivity contribution in [1.29, 1.82) is 0 Å². The van der Waals surface area contributed by atoms with E-state index in [0.29, 0.717) is 19.3 Å². The molecule has 0 aromatic heterocycles. The first-order valence-electron chi connectivity index (χ1n) is 26.2. The van der Waals surface area contributed by atoms with Gasteiger partial charge in [0.1, 0.15) is 13.2 Å². The summed E-state index contributed by atoms with van der Waals surface area (Å²) in [5.74, 6) is -1.04. The van der Waals surface area contributed by atoms with Gasteiger partial charge in [-0.2, -0.15) is 0 Å². The summed E-state index contributed by atoms with van der Waals surface area (Å²) in [4.78, 5) is 37.9. The van der Waals surface area contributed by atoms with Gasteiger partial charge in [-0.1, -0.05) is 214 Å². The Bertz CT molecular complexity index is 1300. The standard InChI is InChI=1S/C58H96O6/c1-4-7-10-13-16-19-22-25-27-28-29-30-32-34-37-39-42-45-48-51-57(60)63-54-55(64-58(61)52-49-46-43-40-35-24-21-18-15-12-9-6-3)53-62-56(59)50-47-44-41-38-36-33-31-26-23-20-17-14-11-8-5-2/h16-17,19-20,25-27,29-31,34,36-38,42,45,55H,4-15,18,21-24,28,32-33,35,39-41,43-44,46-54H2,1-3H3/b19-16-,20-17-,27-25-,30-29-,31-26-,37-34-,38-36-,45-42-/t55-/m0/s1. The molecule has 64 heavy (non-hydrogen) atoms. The van der Waals surface area contributed by atoms with E-state index in [1.54, 1.807) is 0 Å². The Hall–Kier alpha value is -3.67. The van der Waals surface area contributed by atoms with Gasteiger partial charge in [-0.15, -0.1) is 0 Å². The van der Waals surface area contributed by atoms with Crippen LogP contribution in [-0.4, -0.2) is 37.2 Å². The van der Waals surface area contributed by atoms with Crippen LogP contribution in [0.5, 0.6) is 0 Å². The summed E-state index contributed by atoms with van der Waals surface area (Å²) < 4.78 is 16.7. The molecule has 0 bridgehead atoms. The van der Waals surface area contributed by atoms with E-state index in [1.807, 2.05) is 6.08 Å². The van der Waals surface area contributed by atoms with Crippen LogP contribution in [0.4, 0.5) is 0 Å². The number of hydrogen-bond donors (Lipinski definition) is 0. The molecule has 0 aliphatic rings. The minimum atomic E-state index is -0.821. The van der Waals surface area contributed by atoms with Crippen LogP contribution < -0.4 is 0 Å². The summed E-state index contributed by atoms with van der Waals surface area (Å²) in [6.45, 7) is 6.47. The predicted octanol–water partition coefficient (Wildman–Crippen LogP) is 17.4. The molecule has 0 aliphatic carbocycles.